The number of hydrogen-bond donors (Lipinski definition) is 0. The molecule has 7 nitrogen and oxygen atoms in total. The third-order valence-corrected chi connectivity index (χ3v) is 5.76. The molecule has 4 rings (SSSR count). The molecule has 8 heteroatoms. The van der Waals surface area contributed by atoms with Crippen molar-refractivity contribution in [2.75, 3.05) is 32.8 Å². The molecule has 26 heavy (non-hydrogen) atoms. The van der Waals surface area contributed by atoms with Gasteiger partial charge in [-0.1, -0.05) is 0 Å². The lowest BCUT2D eigenvalue weighted by atomic mass is 9.80. The van der Waals surface area contributed by atoms with Gasteiger partial charge in [0.05, 0.1) is 30.7 Å². The van der Waals surface area contributed by atoms with E-state index < -0.39 is 7.12 Å². The van der Waals surface area contributed by atoms with E-state index in [-0.39, 0.29) is 11.2 Å². The minimum absolute atomic E-state index is 0.357. The van der Waals surface area contributed by atoms with E-state index in [1.54, 1.807) is 0 Å². The standard InChI is InChI=1S/C18H27BN4O3/c1-17(2)18(3,4)26-19(25-17)14-11-15-16(20-12-14)23(13-21-15)6-5-22-7-9-24-10-8-22/h11-13H,5-10H2,1-4H3. The first kappa shape index (κ1) is 17.9. The molecule has 0 bridgehead atoms. The number of pyridine rings is 1. The molecule has 2 aromatic heterocycles. The highest BCUT2D eigenvalue weighted by molar-refractivity contribution is 6.62. The van der Waals surface area contributed by atoms with Crippen LogP contribution in [0.2, 0.25) is 0 Å². The Labute approximate surface area is 154 Å². The molecule has 0 N–H and O–H groups in total. The summed E-state index contributed by atoms with van der Waals surface area (Å²) in [5.41, 5.74) is 1.97. The zero-order valence-corrected chi connectivity index (χ0v) is 16.1. The molecule has 2 saturated heterocycles. The molecular formula is C18H27BN4O3. The summed E-state index contributed by atoms with van der Waals surface area (Å²) in [6.45, 7) is 13.7. The monoisotopic (exact) mass is 358 g/mol. The normalized spacial score (nSPS) is 23.0. The highest BCUT2D eigenvalue weighted by Crippen LogP contribution is 2.36. The average molecular weight is 358 g/mol. The van der Waals surface area contributed by atoms with Crippen LogP contribution in [0.5, 0.6) is 0 Å². The van der Waals surface area contributed by atoms with Crippen LogP contribution in [0, 0.1) is 0 Å². The molecule has 2 fully saturated rings. The molecule has 140 valence electrons. The molecule has 0 unspecified atom stereocenters. The van der Waals surface area contributed by atoms with Gasteiger partial charge in [0.2, 0.25) is 0 Å². The highest BCUT2D eigenvalue weighted by atomic mass is 16.7. The fraction of sp³-hybridized carbons (Fsp3) is 0.667. The third kappa shape index (κ3) is 3.27. The average Bonchev–Trinajstić information content (AvgIpc) is 3.11. The van der Waals surface area contributed by atoms with Gasteiger partial charge in [-0.3, -0.25) is 4.90 Å². The zero-order valence-electron chi connectivity index (χ0n) is 16.1. The van der Waals surface area contributed by atoms with Gasteiger partial charge < -0.3 is 18.6 Å². The van der Waals surface area contributed by atoms with Gasteiger partial charge in [-0.25, -0.2) is 9.97 Å². The van der Waals surface area contributed by atoms with Crippen LogP contribution in [-0.4, -0.2) is 70.6 Å². The Bertz CT molecular complexity index is 770. The molecule has 0 atom stereocenters. The lowest BCUT2D eigenvalue weighted by molar-refractivity contribution is 0.00578. The third-order valence-electron chi connectivity index (χ3n) is 5.76. The number of fused-ring (bicyclic) bond motifs is 1. The van der Waals surface area contributed by atoms with E-state index in [4.69, 9.17) is 14.0 Å². The number of morpholine rings is 1. The van der Waals surface area contributed by atoms with Crippen molar-refractivity contribution in [2.24, 2.45) is 0 Å². The van der Waals surface area contributed by atoms with Gasteiger partial charge >= 0.3 is 7.12 Å². The van der Waals surface area contributed by atoms with E-state index in [1.807, 2.05) is 18.6 Å². The fourth-order valence-corrected chi connectivity index (χ4v) is 3.31. The number of aromatic nitrogens is 3. The van der Waals surface area contributed by atoms with Crippen LogP contribution >= 0.6 is 0 Å². The van der Waals surface area contributed by atoms with Crippen LogP contribution in [0.4, 0.5) is 0 Å². The van der Waals surface area contributed by atoms with Gasteiger partial charge in [0, 0.05) is 37.8 Å². The summed E-state index contributed by atoms with van der Waals surface area (Å²) >= 11 is 0. The van der Waals surface area contributed by atoms with Crippen molar-refractivity contribution >= 4 is 23.7 Å². The summed E-state index contributed by atoms with van der Waals surface area (Å²) in [7, 11) is -0.407. The maximum Gasteiger partial charge on any atom is 0.496 e. The Morgan fingerprint density at radius 1 is 1.04 bits per heavy atom. The van der Waals surface area contributed by atoms with E-state index in [2.05, 4.69) is 47.1 Å². The van der Waals surface area contributed by atoms with Crippen LogP contribution in [0.1, 0.15) is 27.7 Å². The molecule has 0 saturated carbocycles. The van der Waals surface area contributed by atoms with Gasteiger partial charge in [0.1, 0.15) is 5.52 Å². The first-order valence-electron chi connectivity index (χ1n) is 9.32. The van der Waals surface area contributed by atoms with Crippen molar-refractivity contribution < 1.29 is 14.0 Å². The lowest BCUT2D eigenvalue weighted by Crippen LogP contribution is -2.41. The van der Waals surface area contributed by atoms with Gasteiger partial charge in [-0.15, -0.1) is 0 Å². The Kier molecular flexibility index (Phi) is 4.55. The number of hydrogen-bond acceptors (Lipinski definition) is 6. The SMILES string of the molecule is CC1(C)OB(c2cnc3c(c2)ncn3CCN2CCOCC2)OC1(C)C. The summed E-state index contributed by atoms with van der Waals surface area (Å²) < 4.78 is 19.7. The fourth-order valence-electron chi connectivity index (χ4n) is 3.31. The summed E-state index contributed by atoms with van der Waals surface area (Å²) in [5, 5.41) is 0. The van der Waals surface area contributed by atoms with E-state index >= 15 is 0 Å². The van der Waals surface area contributed by atoms with Crippen LogP contribution in [0.3, 0.4) is 0 Å². The van der Waals surface area contributed by atoms with Crippen LogP contribution in [0.25, 0.3) is 11.2 Å². The largest absolute Gasteiger partial charge is 0.496 e. The smallest absolute Gasteiger partial charge is 0.399 e. The number of rotatable bonds is 4. The quantitative estimate of drug-likeness (QED) is 0.762. The maximum absolute atomic E-state index is 6.12. The Morgan fingerprint density at radius 2 is 1.73 bits per heavy atom. The predicted molar refractivity (Wildman–Crippen MR) is 101 cm³/mol. The minimum atomic E-state index is -0.407. The van der Waals surface area contributed by atoms with Crippen molar-refractivity contribution in [3.05, 3.63) is 18.6 Å². The first-order valence-corrected chi connectivity index (χ1v) is 9.32. The van der Waals surface area contributed by atoms with E-state index in [9.17, 15) is 0 Å². The van der Waals surface area contributed by atoms with Crippen LogP contribution < -0.4 is 5.46 Å². The molecule has 0 radical (unpaired) electrons. The minimum Gasteiger partial charge on any atom is -0.399 e. The van der Waals surface area contributed by atoms with E-state index in [1.165, 1.54) is 0 Å². The molecule has 2 aliphatic rings. The maximum atomic E-state index is 6.12. The molecule has 0 aliphatic carbocycles. The molecule has 0 aromatic carbocycles. The van der Waals surface area contributed by atoms with Crippen LogP contribution in [-0.2, 0) is 20.6 Å². The topological polar surface area (TPSA) is 61.6 Å². The molecule has 2 aromatic rings. The van der Waals surface area contributed by atoms with Crippen molar-refractivity contribution in [1.82, 2.24) is 19.4 Å². The molecule has 0 spiro atoms. The second-order valence-corrected chi connectivity index (χ2v) is 8.09. The molecule has 0 amide bonds. The van der Waals surface area contributed by atoms with Crippen molar-refractivity contribution in [3.63, 3.8) is 0 Å². The summed E-state index contributed by atoms with van der Waals surface area (Å²) in [6, 6.07) is 2.02. The zero-order chi connectivity index (χ0) is 18.4. The Morgan fingerprint density at radius 3 is 2.42 bits per heavy atom. The Hall–Kier alpha value is -1.48. The van der Waals surface area contributed by atoms with Gasteiger partial charge in [0.15, 0.2) is 5.65 Å². The molecular weight excluding hydrogens is 331 g/mol. The van der Waals surface area contributed by atoms with Gasteiger partial charge in [-0.05, 0) is 33.8 Å². The molecule has 4 heterocycles. The molecule has 2 aliphatic heterocycles. The second kappa shape index (κ2) is 6.60. The van der Waals surface area contributed by atoms with Crippen LogP contribution in [0.15, 0.2) is 18.6 Å². The summed E-state index contributed by atoms with van der Waals surface area (Å²) in [4.78, 5) is 11.6. The number of imidazole rings is 1. The second-order valence-electron chi connectivity index (χ2n) is 8.09. The summed E-state index contributed by atoms with van der Waals surface area (Å²) in [6.07, 6.45) is 3.71. The van der Waals surface area contributed by atoms with Crippen molar-refractivity contribution in [3.8, 4) is 0 Å². The predicted octanol–water partition coefficient (Wildman–Crippen LogP) is 1.06. The van der Waals surface area contributed by atoms with Gasteiger partial charge in [-0.2, -0.15) is 0 Å². The van der Waals surface area contributed by atoms with Gasteiger partial charge in [0.25, 0.3) is 0 Å². The lowest BCUT2D eigenvalue weighted by Gasteiger charge is -2.32. The first-order chi connectivity index (χ1) is 12.4. The van der Waals surface area contributed by atoms with Crippen molar-refractivity contribution in [1.29, 1.82) is 0 Å². The summed E-state index contributed by atoms with van der Waals surface area (Å²) in [5.74, 6) is 0. The number of ether oxygens (including phenoxy) is 1. The van der Waals surface area contributed by atoms with Crippen molar-refractivity contribution in [2.45, 2.75) is 45.4 Å². The Balaban J connectivity index is 1.49. The number of nitrogens with zero attached hydrogens (tertiary/aromatic N) is 4. The van der Waals surface area contributed by atoms with E-state index in [0.29, 0.717) is 0 Å². The highest BCUT2D eigenvalue weighted by Gasteiger charge is 2.51. The van der Waals surface area contributed by atoms with E-state index in [0.717, 1.165) is 56.0 Å².